The minimum absolute atomic E-state index is 0.00548. The molecule has 2 nitrogen and oxygen atoms in total. The van der Waals surface area contributed by atoms with Crippen molar-refractivity contribution in [2.75, 3.05) is 0 Å². The molecule has 1 atom stereocenters. The van der Waals surface area contributed by atoms with Gasteiger partial charge in [0.25, 0.3) is 0 Å². The molecule has 0 aliphatic heterocycles. The molecule has 102 valence electrons. The molecule has 1 heterocycles. The number of halogens is 4. The summed E-state index contributed by atoms with van der Waals surface area (Å²) >= 11 is 4.79. The van der Waals surface area contributed by atoms with Gasteiger partial charge < -0.3 is 0 Å². The fourth-order valence-electron chi connectivity index (χ4n) is 1.73. The second-order valence-electron chi connectivity index (χ2n) is 3.89. The SMILES string of the molecule is NNC(Cc1ccc(Br)s1)c1ccc(F)c(F)c1F. The van der Waals surface area contributed by atoms with Gasteiger partial charge in [-0.3, -0.25) is 11.3 Å². The average Bonchev–Trinajstić information content (AvgIpc) is 2.80. The van der Waals surface area contributed by atoms with E-state index in [0.29, 0.717) is 6.42 Å². The van der Waals surface area contributed by atoms with Crippen LogP contribution in [0.5, 0.6) is 0 Å². The van der Waals surface area contributed by atoms with E-state index in [1.165, 1.54) is 17.4 Å². The van der Waals surface area contributed by atoms with Gasteiger partial charge in [0, 0.05) is 16.9 Å². The number of benzene rings is 1. The molecule has 0 spiro atoms. The van der Waals surface area contributed by atoms with Crippen LogP contribution in [0.15, 0.2) is 28.1 Å². The lowest BCUT2D eigenvalue weighted by Gasteiger charge is -2.16. The summed E-state index contributed by atoms with van der Waals surface area (Å²) in [6, 6.07) is 5.18. The Hall–Kier alpha value is -0.890. The van der Waals surface area contributed by atoms with Crippen molar-refractivity contribution in [1.29, 1.82) is 0 Å². The van der Waals surface area contributed by atoms with Gasteiger partial charge in [0.1, 0.15) is 0 Å². The molecule has 0 fully saturated rings. The molecule has 0 bridgehead atoms. The Morgan fingerprint density at radius 1 is 1.16 bits per heavy atom. The first-order valence-electron chi connectivity index (χ1n) is 5.36. The fraction of sp³-hybridized carbons (Fsp3) is 0.167. The van der Waals surface area contributed by atoms with Crippen LogP contribution in [0.3, 0.4) is 0 Å². The van der Waals surface area contributed by atoms with E-state index >= 15 is 0 Å². The Kier molecular flexibility index (Phi) is 4.62. The predicted molar refractivity (Wildman–Crippen MR) is 72.1 cm³/mol. The maximum atomic E-state index is 13.7. The van der Waals surface area contributed by atoms with Crippen LogP contribution >= 0.6 is 27.3 Å². The van der Waals surface area contributed by atoms with Crippen LogP contribution < -0.4 is 11.3 Å². The number of hydrazine groups is 1. The van der Waals surface area contributed by atoms with Gasteiger partial charge in [-0.1, -0.05) is 6.07 Å². The molecule has 0 amide bonds. The smallest absolute Gasteiger partial charge is 0.194 e. The molecule has 0 aliphatic carbocycles. The molecule has 0 saturated carbocycles. The molecular weight excluding hydrogens is 341 g/mol. The van der Waals surface area contributed by atoms with Crippen LogP contribution in [0.4, 0.5) is 13.2 Å². The number of thiophene rings is 1. The van der Waals surface area contributed by atoms with Gasteiger partial charge in [0.05, 0.1) is 9.83 Å². The first-order chi connectivity index (χ1) is 9.02. The zero-order chi connectivity index (χ0) is 14.0. The number of nitrogens with one attached hydrogen (secondary N) is 1. The Bertz CT molecular complexity index is 588. The highest BCUT2D eigenvalue weighted by Gasteiger charge is 2.20. The minimum Gasteiger partial charge on any atom is -0.271 e. The summed E-state index contributed by atoms with van der Waals surface area (Å²) in [6.07, 6.45) is 0.384. The van der Waals surface area contributed by atoms with E-state index in [0.717, 1.165) is 14.7 Å². The molecule has 1 unspecified atom stereocenters. The van der Waals surface area contributed by atoms with Gasteiger partial charge >= 0.3 is 0 Å². The van der Waals surface area contributed by atoms with Crippen LogP contribution in [-0.2, 0) is 6.42 Å². The second kappa shape index (κ2) is 6.04. The lowest BCUT2D eigenvalue weighted by Crippen LogP contribution is -2.30. The monoisotopic (exact) mass is 350 g/mol. The number of rotatable bonds is 4. The van der Waals surface area contributed by atoms with E-state index in [9.17, 15) is 13.2 Å². The molecule has 0 aliphatic rings. The van der Waals surface area contributed by atoms with Gasteiger partial charge in [-0.2, -0.15) is 0 Å². The summed E-state index contributed by atoms with van der Waals surface area (Å²) in [5.74, 6) is 1.47. The maximum Gasteiger partial charge on any atom is 0.194 e. The highest BCUT2D eigenvalue weighted by atomic mass is 79.9. The van der Waals surface area contributed by atoms with Gasteiger partial charge in [-0.25, -0.2) is 13.2 Å². The molecule has 1 aromatic carbocycles. The first kappa shape index (κ1) is 14.5. The first-order valence-corrected chi connectivity index (χ1v) is 6.97. The van der Waals surface area contributed by atoms with Crippen LogP contribution in [0, 0.1) is 17.5 Å². The van der Waals surface area contributed by atoms with Crippen molar-refractivity contribution < 1.29 is 13.2 Å². The highest BCUT2D eigenvalue weighted by Crippen LogP contribution is 2.28. The van der Waals surface area contributed by atoms with Crippen molar-refractivity contribution in [3.63, 3.8) is 0 Å². The summed E-state index contributed by atoms with van der Waals surface area (Å²) in [4.78, 5) is 0.943. The van der Waals surface area contributed by atoms with Crippen molar-refractivity contribution in [1.82, 2.24) is 5.43 Å². The fourth-order valence-corrected chi connectivity index (χ4v) is 3.26. The lowest BCUT2D eigenvalue weighted by molar-refractivity contribution is 0.425. The van der Waals surface area contributed by atoms with Crippen LogP contribution in [-0.4, -0.2) is 0 Å². The minimum atomic E-state index is -1.48. The predicted octanol–water partition coefficient (Wildman–Crippen LogP) is 3.68. The summed E-state index contributed by atoms with van der Waals surface area (Å²) in [5, 5.41) is 0. The Morgan fingerprint density at radius 3 is 2.47 bits per heavy atom. The van der Waals surface area contributed by atoms with Gasteiger partial charge in [-0.05, 0) is 34.1 Å². The normalized spacial score (nSPS) is 12.7. The zero-order valence-electron chi connectivity index (χ0n) is 9.59. The maximum absolute atomic E-state index is 13.7. The van der Waals surface area contributed by atoms with Crippen LogP contribution in [0.1, 0.15) is 16.5 Å². The Balaban J connectivity index is 2.29. The Labute approximate surface area is 120 Å². The number of hydrogen-bond acceptors (Lipinski definition) is 3. The molecule has 0 saturated heterocycles. The van der Waals surface area contributed by atoms with Crippen molar-refractivity contribution in [3.05, 3.63) is 55.9 Å². The molecule has 0 radical (unpaired) electrons. The van der Waals surface area contributed by atoms with Crippen LogP contribution in [0.25, 0.3) is 0 Å². The largest absolute Gasteiger partial charge is 0.271 e. The molecule has 7 heteroatoms. The lowest BCUT2D eigenvalue weighted by atomic mass is 10.0. The van der Waals surface area contributed by atoms with E-state index in [1.54, 1.807) is 0 Å². The van der Waals surface area contributed by atoms with E-state index in [4.69, 9.17) is 5.84 Å². The van der Waals surface area contributed by atoms with E-state index in [-0.39, 0.29) is 5.56 Å². The average molecular weight is 351 g/mol. The number of hydrogen-bond donors (Lipinski definition) is 2. The summed E-state index contributed by atoms with van der Waals surface area (Å²) < 4.78 is 40.7. The molecule has 1 aromatic heterocycles. The molecule has 3 N–H and O–H groups in total. The third-order valence-corrected chi connectivity index (χ3v) is 4.32. The van der Waals surface area contributed by atoms with Crippen LogP contribution in [0.2, 0.25) is 0 Å². The summed E-state index contributed by atoms with van der Waals surface area (Å²) in [7, 11) is 0. The van der Waals surface area contributed by atoms with Gasteiger partial charge in [0.15, 0.2) is 17.5 Å². The summed E-state index contributed by atoms with van der Waals surface area (Å²) in [5.41, 5.74) is 2.43. The quantitative estimate of drug-likeness (QED) is 0.501. The van der Waals surface area contributed by atoms with E-state index < -0.39 is 23.5 Å². The van der Waals surface area contributed by atoms with E-state index in [2.05, 4.69) is 21.4 Å². The molecular formula is C12H10BrF3N2S. The third kappa shape index (κ3) is 3.17. The Morgan fingerprint density at radius 2 is 1.89 bits per heavy atom. The van der Waals surface area contributed by atoms with Gasteiger partial charge in [0.2, 0.25) is 0 Å². The highest BCUT2D eigenvalue weighted by molar-refractivity contribution is 9.11. The van der Waals surface area contributed by atoms with Gasteiger partial charge in [-0.15, -0.1) is 11.3 Å². The number of nitrogens with two attached hydrogens (primary N) is 1. The molecule has 2 aromatic rings. The molecule has 2 rings (SSSR count). The standard InChI is InChI=1S/C12H10BrF3N2S/c13-10-4-1-6(19-10)5-9(18-17)7-2-3-8(14)12(16)11(7)15/h1-4,9,18H,5,17H2. The van der Waals surface area contributed by atoms with Crippen molar-refractivity contribution in [3.8, 4) is 0 Å². The van der Waals surface area contributed by atoms with E-state index in [1.807, 2.05) is 12.1 Å². The van der Waals surface area contributed by atoms with Crippen molar-refractivity contribution in [2.24, 2.45) is 5.84 Å². The second-order valence-corrected chi connectivity index (χ2v) is 6.44. The summed E-state index contributed by atoms with van der Waals surface area (Å²) in [6.45, 7) is 0. The van der Waals surface area contributed by atoms with Crippen molar-refractivity contribution in [2.45, 2.75) is 12.5 Å². The third-order valence-electron chi connectivity index (χ3n) is 2.68. The zero-order valence-corrected chi connectivity index (χ0v) is 12.0. The topological polar surface area (TPSA) is 38.0 Å². The molecule has 19 heavy (non-hydrogen) atoms. The van der Waals surface area contributed by atoms with Crippen molar-refractivity contribution >= 4 is 27.3 Å².